The summed E-state index contributed by atoms with van der Waals surface area (Å²) in [6.45, 7) is 15.0. The molecule has 0 spiro atoms. The number of methoxy groups -OCH3 is 2. The molecule has 4 aromatic carbocycles. The van der Waals surface area contributed by atoms with Crippen molar-refractivity contribution < 1.29 is 60.0 Å². The van der Waals surface area contributed by atoms with E-state index < -0.39 is 20.0 Å². The third kappa shape index (κ3) is 20.8. The smallest absolute Gasteiger partial charge is 0.295 e. The number of nitrogens with two attached hydrogens (primary N) is 1. The Hall–Kier alpha value is -5.29. The minimum absolute atomic E-state index is 0.0124. The number of benzene rings is 4. The van der Waals surface area contributed by atoms with Gasteiger partial charge in [-0.05, 0) is 155 Å². The summed E-state index contributed by atoms with van der Waals surface area (Å²) >= 11 is 0. The fourth-order valence-electron chi connectivity index (χ4n) is 8.48. The first-order valence-electron chi connectivity index (χ1n) is 24.7. The van der Waals surface area contributed by atoms with E-state index >= 15 is 0 Å². The molecule has 0 bridgehead atoms. The van der Waals surface area contributed by atoms with E-state index in [9.17, 15) is 26.4 Å². The summed E-state index contributed by atoms with van der Waals surface area (Å²) in [5.74, 6) is 1.26. The van der Waals surface area contributed by atoms with E-state index in [0.29, 0.717) is 53.1 Å². The zero-order chi connectivity index (χ0) is 54.7. The first-order chi connectivity index (χ1) is 35.3. The van der Waals surface area contributed by atoms with Crippen LogP contribution < -0.4 is 15.2 Å². The van der Waals surface area contributed by atoms with Gasteiger partial charge in [0.15, 0.2) is 12.6 Å². The Labute approximate surface area is 439 Å². The van der Waals surface area contributed by atoms with E-state index in [1.807, 2.05) is 0 Å². The maximum Gasteiger partial charge on any atom is 0.295 e. The van der Waals surface area contributed by atoms with Gasteiger partial charge in [-0.2, -0.15) is 8.61 Å². The van der Waals surface area contributed by atoms with Gasteiger partial charge in [0.05, 0.1) is 37.2 Å². The number of carbonyl (C=O) groups excluding carboxylic acids is 2. The van der Waals surface area contributed by atoms with Crippen molar-refractivity contribution in [3.8, 4) is 11.5 Å². The largest absolute Gasteiger partial charge is 0.497 e. The van der Waals surface area contributed by atoms with Crippen LogP contribution in [0.5, 0.6) is 11.5 Å². The van der Waals surface area contributed by atoms with Crippen LogP contribution in [-0.2, 0) is 74.7 Å². The number of Topliss-reactive ketones (excluding diaryl/α,β-unsaturated/α-hetero) is 1. The van der Waals surface area contributed by atoms with E-state index in [1.165, 1.54) is 98.4 Å². The van der Waals surface area contributed by atoms with Gasteiger partial charge >= 0.3 is 0 Å². The highest BCUT2D eigenvalue weighted by Gasteiger charge is 2.27. The van der Waals surface area contributed by atoms with Gasteiger partial charge < -0.3 is 34.5 Å². The molecule has 3 N–H and O–H groups in total. The molecular formula is C54H79N5O13S2. The summed E-state index contributed by atoms with van der Waals surface area (Å²) < 4.78 is 79.0. The second-order valence-corrected chi connectivity index (χ2v) is 22.1. The average Bonchev–Trinajstić information content (AvgIpc) is 4.10. The molecule has 0 atom stereocenters. The molecule has 0 saturated carbocycles. The number of carbonyl (C=O) groups is 3. The number of nitrogens with zero attached hydrogens (tertiary/aromatic N) is 4. The molecular weight excluding hydrogens is 991 g/mol. The van der Waals surface area contributed by atoms with Gasteiger partial charge in [-0.1, -0.05) is 48.5 Å². The predicted octanol–water partition coefficient (Wildman–Crippen LogP) is 6.27. The number of hydrogen-bond acceptors (Lipinski definition) is 15. The molecule has 4 aromatic rings. The number of ether oxygens (including phenoxy) is 5. The summed E-state index contributed by atoms with van der Waals surface area (Å²) in [5.41, 5.74) is 13.1. The van der Waals surface area contributed by atoms with Crippen molar-refractivity contribution in [3.63, 3.8) is 0 Å². The number of sulfonamides is 2. The normalized spacial score (nSPS) is 13.8. The summed E-state index contributed by atoms with van der Waals surface area (Å²) in [6.07, 6.45) is 6.38. The first-order valence-corrected chi connectivity index (χ1v) is 27.6. The summed E-state index contributed by atoms with van der Waals surface area (Å²) in [5, 5.41) is 6.89. The Bertz CT molecular complexity index is 2510. The van der Waals surface area contributed by atoms with Crippen LogP contribution in [0.2, 0.25) is 0 Å². The molecule has 2 aliphatic heterocycles. The van der Waals surface area contributed by atoms with Gasteiger partial charge in [-0.25, -0.2) is 16.8 Å². The van der Waals surface area contributed by atoms with E-state index in [4.69, 9.17) is 34.6 Å². The van der Waals surface area contributed by atoms with E-state index in [2.05, 4.69) is 63.1 Å². The lowest BCUT2D eigenvalue weighted by atomic mass is 10.1. The van der Waals surface area contributed by atoms with Gasteiger partial charge in [0.1, 0.15) is 18.1 Å². The number of rotatable bonds is 25. The van der Waals surface area contributed by atoms with Gasteiger partial charge in [0.2, 0.25) is 20.0 Å². The maximum absolute atomic E-state index is 13.0. The fraction of sp³-hybridized carbons (Fsp3) is 0.500. The van der Waals surface area contributed by atoms with Crippen LogP contribution >= 0.6 is 0 Å². The predicted molar refractivity (Wildman–Crippen MR) is 285 cm³/mol. The highest BCUT2D eigenvalue weighted by molar-refractivity contribution is 7.89. The van der Waals surface area contributed by atoms with Crippen molar-refractivity contribution in [3.05, 3.63) is 117 Å². The van der Waals surface area contributed by atoms with Crippen LogP contribution in [0.15, 0.2) is 82.6 Å². The molecule has 2 saturated heterocycles. The lowest BCUT2D eigenvalue weighted by Crippen LogP contribution is -2.31. The number of ketones is 1. The van der Waals surface area contributed by atoms with Crippen molar-refractivity contribution in [2.45, 2.75) is 95.6 Å². The molecule has 2 aliphatic rings. The molecule has 2 heterocycles. The molecule has 0 radical (unpaired) electrons. The molecule has 74 heavy (non-hydrogen) atoms. The lowest BCUT2D eigenvalue weighted by Gasteiger charge is -2.20. The standard InChI is InChI=1S/C27H38N2O5S.C14H21NO6S.C12H18N2.CH2O2/c1-21-17-26(33-4)18-22(2)27(21)35(31,32)28(3)15-16-34-20-25(30)12-11-23-7-9-24(10-8-23)19-29-13-5-6-14-29;1-11-7-13(19-4)8-12(2)14(11)22(17,18)15(3)5-6-20-10-21-9-16;13-9-11-3-5-12(6-4-11)10-14-7-1-2-8-14;2-1-3/h7-10,17-18H,5-6,11-16,19-20H2,1-4H3;7-9H,5-6,10H2,1-4H3;3-6H,1-2,7-10,13H2;1H,(H,2,3). The van der Waals surface area contributed by atoms with Crippen molar-refractivity contribution in [1.29, 1.82) is 0 Å². The topological polar surface area (TPSA) is 225 Å². The third-order valence-electron chi connectivity index (χ3n) is 12.4. The third-order valence-corrected chi connectivity index (χ3v) is 16.8. The van der Waals surface area contributed by atoms with Crippen molar-refractivity contribution in [2.24, 2.45) is 5.73 Å². The minimum Gasteiger partial charge on any atom is -0.497 e. The molecule has 410 valence electrons. The van der Waals surface area contributed by atoms with Gasteiger partial charge in [0, 0.05) is 53.2 Å². The first kappa shape index (κ1) is 63.0. The van der Waals surface area contributed by atoms with E-state index in [1.54, 1.807) is 59.1 Å². The van der Waals surface area contributed by atoms with Crippen LogP contribution in [0.4, 0.5) is 0 Å². The summed E-state index contributed by atoms with van der Waals surface area (Å²) in [6, 6.07) is 23.9. The second-order valence-electron chi connectivity index (χ2n) is 18.1. The Morgan fingerprint density at radius 1 is 0.635 bits per heavy atom. The van der Waals surface area contributed by atoms with Gasteiger partial charge in [-0.15, -0.1) is 0 Å². The van der Waals surface area contributed by atoms with Crippen molar-refractivity contribution >= 4 is 38.8 Å². The Morgan fingerprint density at radius 2 is 1.00 bits per heavy atom. The average molecular weight is 1070 g/mol. The molecule has 20 heteroatoms. The quantitative estimate of drug-likeness (QED) is 0.0424. The maximum atomic E-state index is 13.0. The molecule has 18 nitrogen and oxygen atoms in total. The summed E-state index contributed by atoms with van der Waals surface area (Å²) in [4.78, 5) is 36.1. The monoisotopic (exact) mass is 1070 g/mol. The zero-order valence-electron chi connectivity index (χ0n) is 44.5. The summed E-state index contributed by atoms with van der Waals surface area (Å²) in [7, 11) is -1.22. The molecule has 2 fully saturated rings. The number of carboxylic acid groups (broad SMARTS) is 1. The van der Waals surface area contributed by atoms with Crippen LogP contribution in [0.1, 0.15) is 76.6 Å². The van der Waals surface area contributed by atoms with E-state index in [0.717, 1.165) is 18.7 Å². The molecule has 6 rings (SSSR count). The Balaban J connectivity index is 0.000000313. The molecule has 0 aromatic heterocycles. The second kappa shape index (κ2) is 32.9. The van der Waals surface area contributed by atoms with Gasteiger partial charge in [-0.3, -0.25) is 24.2 Å². The number of hydrogen-bond donors (Lipinski definition) is 2. The van der Waals surface area contributed by atoms with Gasteiger partial charge in [0.25, 0.3) is 12.9 Å². The molecule has 0 aliphatic carbocycles. The minimum atomic E-state index is -3.67. The van der Waals surface area contributed by atoms with Crippen molar-refractivity contribution in [2.75, 3.05) is 94.2 Å². The van der Waals surface area contributed by atoms with Crippen LogP contribution in [0.3, 0.4) is 0 Å². The fourth-order valence-corrected chi connectivity index (χ4v) is 11.6. The van der Waals surface area contributed by atoms with Crippen LogP contribution in [-0.4, -0.2) is 153 Å². The lowest BCUT2D eigenvalue weighted by molar-refractivity contribution is -0.140. The number of aryl methyl sites for hydroxylation is 5. The van der Waals surface area contributed by atoms with E-state index in [-0.39, 0.29) is 68.2 Å². The number of likely N-dealkylation sites (tertiary alicyclic amines) is 2. The van der Waals surface area contributed by atoms with Crippen LogP contribution in [0, 0.1) is 27.7 Å². The SMILES string of the molecule is COc1cc(C)c(S(=O)(=O)N(C)CCOCC(=O)CCc2ccc(CN3CCCC3)cc2)c(C)c1.COc1cc(C)c(S(=O)(=O)N(C)CCOCOC=O)c(C)c1.NCc1ccc(CN2CCCC2)cc1.O=CO. The Kier molecular flexibility index (Phi) is 28.0. The Morgan fingerprint density at radius 3 is 1.36 bits per heavy atom. The van der Waals surface area contributed by atoms with Crippen LogP contribution in [0.25, 0.3) is 0 Å². The molecule has 0 unspecified atom stereocenters. The van der Waals surface area contributed by atoms with Crippen molar-refractivity contribution in [1.82, 2.24) is 18.4 Å². The number of likely N-dealkylation sites (N-methyl/N-ethyl adjacent to an activating group) is 2. The highest BCUT2D eigenvalue weighted by atomic mass is 32.2. The zero-order valence-corrected chi connectivity index (χ0v) is 46.2. The molecule has 0 amide bonds. The highest BCUT2D eigenvalue weighted by Crippen LogP contribution is 2.29.